The zero-order chi connectivity index (χ0) is 20.1. The first kappa shape index (κ1) is 22.4. The fraction of sp³-hybridized carbons (Fsp3) is 0.286. The highest BCUT2D eigenvalue weighted by atomic mass is 35.5. The Morgan fingerprint density at radius 2 is 1.59 bits per heavy atom. The quantitative estimate of drug-likeness (QED) is 0.599. The Hall–Kier alpha value is -2.90. The molecule has 0 unspecified atom stereocenters. The lowest BCUT2D eigenvalue weighted by atomic mass is 10.0. The average Bonchev–Trinajstić information content (AvgIpc) is 3.13. The molecule has 1 fully saturated rings. The summed E-state index contributed by atoms with van der Waals surface area (Å²) in [6.45, 7) is 3.72. The van der Waals surface area contributed by atoms with Gasteiger partial charge in [0.25, 0.3) is 0 Å². The monoisotopic (exact) mass is 417 g/mol. The molecule has 8 heteroatoms. The van der Waals surface area contributed by atoms with Gasteiger partial charge in [-0.05, 0) is 62.7 Å². The summed E-state index contributed by atoms with van der Waals surface area (Å²) in [6.07, 6.45) is 4.40. The summed E-state index contributed by atoms with van der Waals surface area (Å²) in [5, 5.41) is 20.7. The van der Waals surface area contributed by atoms with Gasteiger partial charge in [0.2, 0.25) is 0 Å². The summed E-state index contributed by atoms with van der Waals surface area (Å²) >= 11 is 0. The molecule has 29 heavy (non-hydrogen) atoms. The molecule has 0 bridgehead atoms. The number of piperidine rings is 1. The van der Waals surface area contributed by atoms with E-state index in [0.29, 0.717) is 6.04 Å². The molecule has 0 spiro atoms. The van der Waals surface area contributed by atoms with Crippen molar-refractivity contribution < 1.29 is 19.8 Å². The Morgan fingerprint density at radius 1 is 1.00 bits per heavy atom. The summed E-state index contributed by atoms with van der Waals surface area (Å²) in [6, 6.07) is 13.2. The zero-order valence-electron chi connectivity index (χ0n) is 16.0. The van der Waals surface area contributed by atoms with Crippen LogP contribution in [0.1, 0.15) is 45.2 Å². The van der Waals surface area contributed by atoms with Gasteiger partial charge in [0.15, 0.2) is 0 Å². The van der Waals surface area contributed by atoms with Crippen molar-refractivity contribution in [1.82, 2.24) is 14.9 Å². The fourth-order valence-electron chi connectivity index (χ4n) is 3.45. The molecular weight excluding hydrogens is 394 g/mol. The van der Waals surface area contributed by atoms with Gasteiger partial charge in [-0.15, -0.1) is 12.4 Å². The Balaban J connectivity index is 0.000000203. The maximum absolute atomic E-state index is 10.6. The van der Waals surface area contributed by atoms with Crippen LogP contribution in [0, 0.1) is 6.92 Å². The van der Waals surface area contributed by atoms with Crippen LogP contribution in [0.4, 0.5) is 0 Å². The van der Waals surface area contributed by atoms with Crippen LogP contribution in [0.15, 0.2) is 48.8 Å². The number of nitrogens with zero attached hydrogens (tertiary/aromatic N) is 2. The first-order valence-corrected chi connectivity index (χ1v) is 9.17. The molecule has 3 N–H and O–H groups in total. The van der Waals surface area contributed by atoms with Crippen LogP contribution in [-0.2, 0) is 0 Å². The first-order chi connectivity index (χ1) is 13.5. The number of imidazole rings is 1. The molecule has 7 nitrogen and oxygen atoms in total. The minimum atomic E-state index is -1.11. The third-order valence-corrected chi connectivity index (χ3v) is 4.98. The predicted molar refractivity (Wildman–Crippen MR) is 113 cm³/mol. The van der Waals surface area contributed by atoms with Gasteiger partial charge in [0.05, 0.1) is 28.5 Å². The number of aromatic carboxylic acids is 2. The zero-order valence-corrected chi connectivity index (χ0v) is 16.9. The number of carboxylic acids is 2. The van der Waals surface area contributed by atoms with Crippen LogP contribution in [0.5, 0.6) is 0 Å². The number of rotatable bonds is 3. The van der Waals surface area contributed by atoms with Crippen molar-refractivity contribution in [3.8, 4) is 0 Å². The molecule has 2 heterocycles. The Kier molecular flexibility index (Phi) is 7.75. The molecule has 0 radical (unpaired) electrons. The maximum atomic E-state index is 10.6. The van der Waals surface area contributed by atoms with Gasteiger partial charge in [-0.25, -0.2) is 14.6 Å². The minimum Gasteiger partial charge on any atom is -0.478 e. The number of nitrogens with one attached hydrogen (secondary N) is 1. The van der Waals surface area contributed by atoms with E-state index < -0.39 is 11.9 Å². The van der Waals surface area contributed by atoms with E-state index in [1.807, 2.05) is 12.4 Å². The summed E-state index contributed by atoms with van der Waals surface area (Å²) in [5.74, 6) is -2.22. The minimum absolute atomic E-state index is 0. The molecule has 2 aromatic carbocycles. The highest BCUT2D eigenvalue weighted by Gasteiger charge is 2.16. The number of aromatic nitrogens is 2. The van der Waals surface area contributed by atoms with E-state index >= 15 is 0 Å². The van der Waals surface area contributed by atoms with Crippen LogP contribution in [0.3, 0.4) is 0 Å². The number of hydrogen-bond acceptors (Lipinski definition) is 4. The lowest BCUT2D eigenvalue weighted by Crippen LogP contribution is -2.29. The van der Waals surface area contributed by atoms with E-state index in [0.717, 1.165) is 18.6 Å². The lowest BCUT2D eigenvalue weighted by molar-refractivity contribution is 0.0696. The largest absolute Gasteiger partial charge is 0.478 e. The molecule has 4 rings (SSSR count). The number of halogens is 1. The Labute approximate surface area is 174 Å². The lowest BCUT2D eigenvalue weighted by Gasteiger charge is -2.24. The van der Waals surface area contributed by atoms with Crippen molar-refractivity contribution in [2.75, 3.05) is 13.1 Å². The third kappa shape index (κ3) is 5.13. The van der Waals surface area contributed by atoms with Gasteiger partial charge in [0, 0.05) is 6.04 Å². The second-order valence-corrected chi connectivity index (χ2v) is 6.71. The molecule has 1 aliphatic rings. The smallest absolute Gasteiger partial charge is 0.335 e. The van der Waals surface area contributed by atoms with Gasteiger partial charge in [-0.1, -0.05) is 18.2 Å². The molecule has 1 saturated heterocycles. The van der Waals surface area contributed by atoms with E-state index in [-0.39, 0.29) is 29.1 Å². The number of carbonyl (C=O) groups is 2. The SMILES string of the molecule is Cc1c(C(=O)O)cccc1C(=O)O.Cl.c1ccc2c(c1)ncn2C1CCNCC1. The van der Waals surface area contributed by atoms with Gasteiger partial charge in [0.1, 0.15) is 0 Å². The molecule has 0 atom stereocenters. The molecular formula is C21H24ClN3O4. The fourth-order valence-corrected chi connectivity index (χ4v) is 3.45. The van der Waals surface area contributed by atoms with Crippen molar-refractivity contribution in [3.05, 3.63) is 65.5 Å². The summed E-state index contributed by atoms with van der Waals surface area (Å²) in [4.78, 5) is 25.6. The summed E-state index contributed by atoms with van der Waals surface area (Å²) in [5.41, 5.74) is 2.71. The highest BCUT2D eigenvalue weighted by Crippen LogP contribution is 2.23. The maximum Gasteiger partial charge on any atom is 0.335 e. The predicted octanol–water partition coefficient (Wildman–Crippen LogP) is 3.77. The second-order valence-electron chi connectivity index (χ2n) is 6.71. The van der Waals surface area contributed by atoms with Crippen molar-refractivity contribution >= 4 is 35.4 Å². The molecule has 0 amide bonds. The Morgan fingerprint density at radius 3 is 2.17 bits per heavy atom. The third-order valence-electron chi connectivity index (χ3n) is 4.98. The molecule has 1 aromatic heterocycles. The van der Waals surface area contributed by atoms with Crippen LogP contribution in [-0.4, -0.2) is 44.8 Å². The van der Waals surface area contributed by atoms with Gasteiger partial charge >= 0.3 is 11.9 Å². The average molecular weight is 418 g/mol. The number of benzene rings is 2. The standard InChI is InChI=1S/C12H15N3.C9H8O4.ClH/c1-2-4-12-11(3-1)14-9-15(12)10-5-7-13-8-6-10;1-5-6(8(10)11)3-2-4-7(5)9(12)13;/h1-4,9-10,13H,5-8H2;2-4H,1H3,(H,10,11)(H,12,13);1H. The van der Waals surface area contributed by atoms with Crippen LogP contribution in [0.2, 0.25) is 0 Å². The van der Waals surface area contributed by atoms with E-state index in [1.54, 1.807) is 0 Å². The number of para-hydroxylation sites is 2. The molecule has 1 aliphatic heterocycles. The molecule has 154 valence electrons. The van der Waals surface area contributed by atoms with Crippen molar-refractivity contribution in [3.63, 3.8) is 0 Å². The number of carboxylic acid groups (broad SMARTS) is 2. The van der Waals surface area contributed by atoms with Crippen LogP contribution in [0.25, 0.3) is 11.0 Å². The second kappa shape index (κ2) is 10.0. The van der Waals surface area contributed by atoms with Crippen molar-refractivity contribution in [2.24, 2.45) is 0 Å². The van der Waals surface area contributed by atoms with E-state index in [9.17, 15) is 9.59 Å². The van der Waals surface area contributed by atoms with Gasteiger partial charge in [-0.2, -0.15) is 0 Å². The van der Waals surface area contributed by atoms with Crippen LogP contribution < -0.4 is 5.32 Å². The highest BCUT2D eigenvalue weighted by molar-refractivity contribution is 5.96. The molecule has 3 aromatic rings. The van der Waals surface area contributed by atoms with E-state index in [4.69, 9.17) is 10.2 Å². The first-order valence-electron chi connectivity index (χ1n) is 9.17. The number of hydrogen-bond donors (Lipinski definition) is 3. The van der Waals surface area contributed by atoms with Gasteiger partial charge < -0.3 is 20.1 Å². The topological polar surface area (TPSA) is 104 Å². The van der Waals surface area contributed by atoms with Crippen LogP contribution >= 0.6 is 12.4 Å². The summed E-state index contributed by atoms with van der Waals surface area (Å²) < 4.78 is 2.33. The normalized spacial score (nSPS) is 13.8. The number of fused-ring (bicyclic) bond motifs is 1. The van der Waals surface area contributed by atoms with E-state index in [2.05, 4.69) is 33.1 Å². The van der Waals surface area contributed by atoms with E-state index in [1.165, 1.54) is 43.5 Å². The molecule has 0 saturated carbocycles. The van der Waals surface area contributed by atoms with Gasteiger partial charge in [-0.3, -0.25) is 0 Å². The summed E-state index contributed by atoms with van der Waals surface area (Å²) in [7, 11) is 0. The van der Waals surface area contributed by atoms with Crippen molar-refractivity contribution in [2.45, 2.75) is 25.8 Å². The Bertz CT molecular complexity index is 964. The van der Waals surface area contributed by atoms with Crippen molar-refractivity contribution in [1.29, 1.82) is 0 Å². The molecule has 0 aliphatic carbocycles.